The van der Waals surface area contributed by atoms with Crippen LogP contribution in [0.2, 0.25) is 0 Å². The molecule has 0 unspecified atom stereocenters. The van der Waals surface area contributed by atoms with Crippen LogP contribution in [0.5, 0.6) is 5.75 Å². The van der Waals surface area contributed by atoms with Gasteiger partial charge in [0.1, 0.15) is 21.3 Å². The van der Waals surface area contributed by atoms with E-state index in [2.05, 4.69) is 10.2 Å². The molecule has 1 aliphatic heterocycles. The largest absolute Gasteiger partial charge is 0.497 e. The molecule has 1 amide bonds. The highest BCUT2D eigenvalue weighted by molar-refractivity contribution is 7.91. The molecule has 0 atom stereocenters. The first-order chi connectivity index (χ1) is 11.9. The molecule has 0 saturated carbocycles. The van der Waals surface area contributed by atoms with Gasteiger partial charge in [-0.25, -0.2) is 8.42 Å². The highest BCUT2D eigenvalue weighted by atomic mass is 32.2. The summed E-state index contributed by atoms with van der Waals surface area (Å²) in [5, 5.41) is 6.98. The fourth-order valence-corrected chi connectivity index (χ4v) is 4.43. The highest BCUT2D eigenvalue weighted by Gasteiger charge is 2.29. The second-order valence-electron chi connectivity index (χ2n) is 6.19. The number of nitrogens with one attached hydrogen (secondary N) is 1. The monoisotopic (exact) mass is 363 g/mol. The number of aromatic nitrogens is 2. The molecule has 0 spiro atoms. The zero-order valence-corrected chi connectivity index (χ0v) is 15.0. The van der Waals surface area contributed by atoms with Crippen LogP contribution in [0.15, 0.2) is 30.3 Å². The van der Waals surface area contributed by atoms with Crippen molar-refractivity contribution < 1.29 is 17.9 Å². The Morgan fingerprint density at radius 2 is 1.88 bits per heavy atom. The maximum Gasteiger partial charge on any atom is 0.271 e. The average molecular weight is 363 g/mol. The fourth-order valence-electron chi connectivity index (χ4n) is 2.96. The van der Waals surface area contributed by atoms with Crippen LogP contribution < -0.4 is 4.74 Å². The molecule has 0 aliphatic carbocycles. The number of carbonyl (C=O) groups excluding carboxylic acids is 1. The molecule has 1 saturated heterocycles. The summed E-state index contributed by atoms with van der Waals surface area (Å²) in [4.78, 5) is 14.2. The molecule has 25 heavy (non-hydrogen) atoms. The molecule has 1 fully saturated rings. The molecule has 2 aromatic rings. The van der Waals surface area contributed by atoms with Crippen molar-refractivity contribution >= 4 is 15.7 Å². The number of amides is 1. The lowest BCUT2D eigenvalue weighted by Gasteiger charge is -2.30. The number of ether oxygens (including phenoxy) is 1. The third-order valence-electron chi connectivity index (χ3n) is 4.59. The zero-order chi connectivity index (χ0) is 18.0. The van der Waals surface area contributed by atoms with Crippen LogP contribution in [0, 0.1) is 0 Å². The van der Waals surface area contributed by atoms with Crippen molar-refractivity contribution in [2.75, 3.05) is 25.7 Å². The molecular formula is C17H21N3O4S. The van der Waals surface area contributed by atoms with Crippen molar-refractivity contribution in [1.29, 1.82) is 0 Å². The van der Waals surface area contributed by atoms with Gasteiger partial charge in [0.15, 0.2) is 0 Å². The second-order valence-corrected chi connectivity index (χ2v) is 8.50. The summed E-state index contributed by atoms with van der Waals surface area (Å²) < 4.78 is 28.2. The SMILES string of the molecule is COc1ccc(-c2cc(C(=O)N(C)C3CCS(=O)(=O)CC3)[nH]n2)cc1. The Labute approximate surface area is 146 Å². The van der Waals surface area contributed by atoms with Gasteiger partial charge < -0.3 is 9.64 Å². The first-order valence-corrected chi connectivity index (χ1v) is 9.89. The molecule has 3 rings (SSSR count). The highest BCUT2D eigenvalue weighted by Crippen LogP contribution is 2.23. The van der Waals surface area contributed by atoms with E-state index in [0.717, 1.165) is 11.3 Å². The van der Waals surface area contributed by atoms with Crippen LogP contribution in [0.3, 0.4) is 0 Å². The van der Waals surface area contributed by atoms with Crippen LogP contribution in [0.25, 0.3) is 11.3 Å². The molecule has 134 valence electrons. The molecule has 7 nitrogen and oxygen atoms in total. The van der Waals surface area contributed by atoms with E-state index in [0.29, 0.717) is 24.2 Å². The standard InChI is InChI=1S/C17H21N3O4S/c1-20(13-7-9-25(22,23)10-8-13)17(21)16-11-15(18-19-16)12-3-5-14(24-2)6-4-12/h3-6,11,13H,7-10H2,1-2H3,(H,18,19). The van der Waals surface area contributed by atoms with E-state index in [-0.39, 0.29) is 23.5 Å². The maximum atomic E-state index is 12.6. The Kier molecular flexibility index (Phi) is 4.80. The van der Waals surface area contributed by atoms with Gasteiger partial charge >= 0.3 is 0 Å². The van der Waals surface area contributed by atoms with Crippen LogP contribution in [-0.2, 0) is 9.84 Å². The number of carbonyl (C=O) groups is 1. The molecule has 2 heterocycles. The Balaban J connectivity index is 1.71. The Morgan fingerprint density at radius 1 is 1.24 bits per heavy atom. The minimum atomic E-state index is -2.95. The maximum absolute atomic E-state index is 12.6. The van der Waals surface area contributed by atoms with E-state index in [1.807, 2.05) is 24.3 Å². The lowest BCUT2D eigenvalue weighted by atomic mass is 10.1. The van der Waals surface area contributed by atoms with Gasteiger partial charge in [-0.1, -0.05) is 0 Å². The predicted molar refractivity (Wildman–Crippen MR) is 94.3 cm³/mol. The molecule has 1 aliphatic rings. The minimum absolute atomic E-state index is 0.0660. The lowest BCUT2D eigenvalue weighted by molar-refractivity contribution is 0.0716. The summed E-state index contributed by atoms with van der Waals surface area (Å²) in [5.74, 6) is 0.837. The van der Waals surface area contributed by atoms with Gasteiger partial charge in [-0.15, -0.1) is 0 Å². The first-order valence-electron chi connectivity index (χ1n) is 8.07. The van der Waals surface area contributed by atoms with E-state index in [1.54, 1.807) is 25.1 Å². The van der Waals surface area contributed by atoms with Crippen LogP contribution in [-0.4, -0.2) is 61.1 Å². The van der Waals surface area contributed by atoms with Crippen molar-refractivity contribution in [3.63, 3.8) is 0 Å². The molecule has 1 N–H and O–H groups in total. The number of nitrogens with zero attached hydrogens (tertiary/aromatic N) is 2. The molecular weight excluding hydrogens is 342 g/mol. The summed E-state index contributed by atoms with van der Waals surface area (Å²) in [7, 11) is 0.365. The number of benzene rings is 1. The van der Waals surface area contributed by atoms with Gasteiger partial charge in [0, 0.05) is 18.7 Å². The summed E-state index contributed by atoms with van der Waals surface area (Å²) in [6.45, 7) is 0. The quantitative estimate of drug-likeness (QED) is 0.893. The molecule has 8 heteroatoms. The normalized spacial score (nSPS) is 17.2. The fraction of sp³-hybridized carbons (Fsp3) is 0.412. The minimum Gasteiger partial charge on any atom is -0.497 e. The number of H-pyrrole nitrogens is 1. The van der Waals surface area contributed by atoms with Crippen molar-refractivity contribution in [1.82, 2.24) is 15.1 Å². The molecule has 0 bridgehead atoms. The summed E-state index contributed by atoms with van der Waals surface area (Å²) in [6, 6.07) is 9.06. The average Bonchev–Trinajstić information content (AvgIpc) is 3.10. The third-order valence-corrected chi connectivity index (χ3v) is 6.30. The van der Waals surface area contributed by atoms with Crippen LogP contribution >= 0.6 is 0 Å². The van der Waals surface area contributed by atoms with Gasteiger partial charge in [-0.2, -0.15) is 5.10 Å². The lowest BCUT2D eigenvalue weighted by Crippen LogP contribution is -2.42. The van der Waals surface area contributed by atoms with E-state index in [1.165, 1.54) is 0 Å². The number of aromatic amines is 1. The van der Waals surface area contributed by atoms with Crippen molar-refractivity contribution in [3.05, 3.63) is 36.0 Å². The van der Waals surface area contributed by atoms with Gasteiger partial charge in [0.05, 0.1) is 24.3 Å². The van der Waals surface area contributed by atoms with E-state index < -0.39 is 9.84 Å². The van der Waals surface area contributed by atoms with E-state index >= 15 is 0 Å². The number of hydrogen-bond donors (Lipinski definition) is 1. The Bertz CT molecular complexity index is 844. The van der Waals surface area contributed by atoms with Crippen LogP contribution in [0.4, 0.5) is 0 Å². The van der Waals surface area contributed by atoms with Crippen molar-refractivity contribution in [2.45, 2.75) is 18.9 Å². The van der Waals surface area contributed by atoms with Crippen molar-refractivity contribution in [2.24, 2.45) is 0 Å². The topological polar surface area (TPSA) is 92.4 Å². The van der Waals surface area contributed by atoms with Crippen molar-refractivity contribution in [3.8, 4) is 17.0 Å². The van der Waals surface area contributed by atoms with Crippen LogP contribution in [0.1, 0.15) is 23.3 Å². The number of rotatable bonds is 4. The molecule has 0 radical (unpaired) electrons. The van der Waals surface area contributed by atoms with Gasteiger partial charge in [0.25, 0.3) is 5.91 Å². The molecule has 1 aromatic carbocycles. The number of methoxy groups -OCH3 is 1. The van der Waals surface area contributed by atoms with E-state index in [9.17, 15) is 13.2 Å². The number of sulfone groups is 1. The van der Waals surface area contributed by atoms with Gasteiger partial charge in [-0.05, 0) is 43.2 Å². The third kappa shape index (κ3) is 3.84. The zero-order valence-electron chi connectivity index (χ0n) is 14.2. The second kappa shape index (κ2) is 6.87. The predicted octanol–water partition coefficient (Wildman–Crippen LogP) is 1.73. The Hall–Kier alpha value is -2.35. The Morgan fingerprint density at radius 3 is 2.48 bits per heavy atom. The summed E-state index contributed by atoms with van der Waals surface area (Å²) >= 11 is 0. The first kappa shape index (κ1) is 17.5. The summed E-state index contributed by atoms with van der Waals surface area (Å²) in [5.41, 5.74) is 1.94. The smallest absolute Gasteiger partial charge is 0.271 e. The molecule has 1 aromatic heterocycles. The number of hydrogen-bond acceptors (Lipinski definition) is 5. The van der Waals surface area contributed by atoms with Gasteiger partial charge in [-0.3, -0.25) is 9.89 Å². The van der Waals surface area contributed by atoms with E-state index in [4.69, 9.17) is 4.74 Å². The van der Waals surface area contributed by atoms with Gasteiger partial charge in [0.2, 0.25) is 0 Å². The summed E-state index contributed by atoms with van der Waals surface area (Å²) in [6.07, 6.45) is 0.952.